The summed E-state index contributed by atoms with van der Waals surface area (Å²) in [6, 6.07) is 3.47. The van der Waals surface area contributed by atoms with Gasteiger partial charge in [-0.05, 0) is 24.6 Å². The first-order valence-corrected chi connectivity index (χ1v) is 4.03. The summed E-state index contributed by atoms with van der Waals surface area (Å²) in [5.74, 6) is 0.138. The van der Waals surface area contributed by atoms with Gasteiger partial charge >= 0.3 is 0 Å². The summed E-state index contributed by atoms with van der Waals surface area (Å²) in [4.78, 5) is 0. The lowest BCUT2D eigenvalue weighted by Gasteiger charge is -2.04. The molecule has 0 atom stereocenters. The number of halogens is 1. The van der Waals surface area contributed by atoms with E-state index < -0.39 is 0 Å². The summed E-state index contributed by atoms with van der Waals surface area (Å²) in [5.41, 5.74) is 1.50. The Morgan fingerprint density at radius 2 is 2.09 bits per heavy atom. The number of aliphatic hydroxyl groups is 1. The molecule has 0 aliphatic rings. The van der Waals surface area contributed by atoms with E-state index in [9.17, 15) is 5.11 Å². The highest BCUT2D eigenvalue weighted by Gasteiger charge is 2.04. The van der Waals surface area contributed by atoms with E-state index in [1.54, 1.807) is 6.07 Å². The molecule has 1 aromatic carbocycles. The minimum atomic E-state index is -0.146. The van der Waals surface area contributed by atoms with Gasteiger partial charge in [-0.25, -0.2) is 0 Å². The van der Waals surface area contributed by atoms with Crippen LogP contribution in [-0.2, 0) is 6.61 Å². The topological polar surface area (TPSA) is 40.5 Å². The number of aromatic hydroxyl groups is 1. The van der Waals surface area contributed by atoms with Gasteiger partial charge < -0.3 is 10.2 Å². The fourth-order valence-electron chi connectivity index (χ4n) is 0.910. The predicted molar refractivity (Wildman–Crippen MR) is 46.5 cm³/mol. The smallest absolute Gasteiger partial charge is 0.122 e. The molecule has 2 nitrogen and oxygen atoms in total. The fourth-order valence-corrected chi connectivity index (χ4v) is 1.60. The summed E-state index contributed by atoms with van der Waals surface area (Å²) >= 11 is 3.24. The summed E-state index contributed by atoms with van der Waals surface area (Å²) in [7, 11) is 0. The second-order valence-corrected chi connectivity index (χ2v) is 3.26. The van der Waals surface area contributed by atoms with Crippen LogP contribution in [0.3, 0.4) is 0 Å². The lowest BCUT2D eigenvalue weighted by molar-refractivity contribution is 0.274. The van der Waals surface area contributed by atoms with Crippen LogP contribution in [0.25, 0.3) is 0 Å². The highest BCUT2D eigenvalue weighted by atomic mass is 79.9. The van der Waals surface area contributed by atoms with Crippen molar-refractivity contribution >= 4 is 15.9 Å². The lowest BCUT2D eigenvalue weighted by atomic mass is 10.1. The zero-order valence-electron chi connectivity index (χ0n) is 6.13. The van der Waals surface area contributed by atoms with Crippen LogP contribution in [0.4, 0.5) is 0 Å². The molecular weight excluding hydrogens is 208 g/mol. The van der Waals surface area contributed by atoms with Gasteiger partial charge in [0.25, 0.3) is 0 Å². The Balaban J connectivity index is 3.25. The largest absolute Gasteiger partial charge is 0.508 e. The maximum absolute atomic E-state index is 9.28. The molecule has 0 unspecified atom stereocenters. The van der Waals surface area contributed by atoms with Crippen molar-refractivity contribution in [2.75, 3.05) is 0 Å². The predicted octanol–water partition coefficient (Wildman–Crippen LogP) is 1.96. The third-order valence-electron chi connectivity index (χ3n) is 1.47. The Morgan fingerprint density at radius 1 is 1.45 bits per heavy atom. The number of phenols is 1. The van der Waals surface area contributed by atoms with E-state index in [2.05, 4.69) is 15.9 Å². The van der Waals surface area contributed by atoms with Gasteiger partial charge in [0.05, 0.1) is 6.61 Å². The molecule has 0 saturated heterocycles. The second-order valence-electron chi connectivity index (χ2n) is 2.40. The van der Waals surface area contributed by atoms with Crippen molar-refractivity contribution in [3.8, 4) is 5.75 Å². The van der Waals surface area contributed by atoms with Gasteiger partial charge in [-0.2, -0.15) is 0 Å². The van der Waals surface area contributed by atoms with Crippen LogP contribution in [0.15, 0.2) is 16.6 Å². The van der Waals surface area contributed by atoms with Crippen LogP contribution < -0.4 is 0 Å². The molecule has 0 saturated carbocycles. The quantitative estimate of drug-likeness (QED) is 0.754. The van der Waals surface area contributed by atoms with E-state index in [0.29, 0.717) is 5.56 Å². The highest BCUT2D eigenvalue weighted by molar-refractivity contribution is 9.10. The number of hydrogen-bond donors (Lipinski definition) is 2. The molecule has 0 heterocycles. The monoisotopic (exact) mass is 216 g/mol. The Hall–Kier alpha value is -0.540. The van der Waals surface area contributed by atoms with Gasteiger partial charge in [0.2, 0.25) is 0 Å². The molecule has 0 fully saturated rings. The van der Waals surface area contributed by atoms with Gasteiger partial charge in [0.1, 0.15) is 5.75 Å². The molecular formula is C8H9BrO2. The third-order valence-corrected chi connectivity index (χ3v) is 2.18. The number of aliphatic hydroxyl groups excluding tert-OH is 1. The van der Waals surface area contributed by atoms with E-state index in [0.717, 1.165) is 10.0 Å². The van der Waals surface area contributed by atoms with Crippen molar-refractivity contribution in [3.63, 3.8) is 0 Å². The molecule has 0 radical (unpaired) electrons. The Labute approximate surface area is 73.6 Å². The maximum atomic E-state index is 9.28. The van der Waals surface area contributed by atoms with Gasteiger partial charge in [0.15, 0.2) is 0 Å². The van der Waals surface area contributed by atoms with Crippen molar-refractivity contribution in [1.29, 1.82) is 0 Å². The van der Waals surface area contributed by atoms with Crippen LogP contribution in [-0.4, -0.2) is 10.2 Å². The Bertz CT molecular complexity index is 248. The summed E-state index contributed by atoms with van der Waals surface area (Å²) in [6.45, 7) is 1.73. The molecule has 0 aliphatic heterocycles. The molecule has 2 N–H and O–H groups in total. The zero-order chi connectivity index (χ0) is 8.43. The van der Waals surface area contributed by atoms with E-state index >= 15 is 0 Å². The normalized spacial score (nSPS) is 10.1. The minimum absolute atomic E-state index is 0.138. The van der Waals surface area contributed by atoms with Gasteiger partial charge in [-0.15, -0.1) is 0 Å². The standard InChI is InChI=1S/C8H9BrO2/c1-5-2-7(9)6(4-10)8(11)3-5/h2-3,10-11H,4H2,1H3. The van der Waals surface area contributed by atoms with Crippen molar-refractivity contribution in [1.82, 2.24) is 0 Å². The molecule has 0 aliphatic carbocycles. The summed E-state index contributed by atoms with van der Waals surface area (Å²) in [5, 5.41) is 18.1. The summed E-state index contributed by atoms with van der Waals surface area (Å²) < 4.78 is 0.748. The SMILES string of the molecule is Cc1cc(O)c(CO)c(Br)c1. The number of aryl methyl sites for hydroxylation is 1. The van der Waals surface area contributed by atoms with Gasteiger partial charge in [-0.3, -0.25) is 0 Å². The van der Waals surface area contributed by atoms with Crippen molar-refractivity contribution in [2.24, 2.45) is 0 Å². The maximum Gasteiger partial charge on any atom is 0.122 e. The van der Waals surface area contributed by atoms with E-state index in [4.69, 9.17) is 5.11 Å². The molecule has 60 valence electrons. The van der Waals surface area contributed by atoms with Crippen molar-refractivity contribution in [2.45, 2.75) is 13.5 Å². The second kappa shape index (κ2) is 3.24. The zero-order valence-corrected chi connectivity index (χ0v) is 7.72. The van der Waals surface area contributed by atoms with E-state index in [1.807, 2.05) is 13.0 Å². The van der Waals surface area contributed by atoms with E-state index in [-0.39, 0.29) is 12.4 Å². The van der Waals surface area contributed by atoms with E-state index in [1.165, 1.54) is 0 Å². The van der Waals surface area contributed by atoms with Crippen LogP contribution >= 0.6 is 15.9 Å². The molecule has 1 rings (SSSR count). The van der Waals surface area contributed by atoms with Gasteiger partial charge in [-0.1, -0.05) is 15.9 Å². The average Bonchev–Trinajstić information content (AvgIpc) is 1.85. The van der Waals surface area contributed by atoms with Crippen molar-refractivity contribution in [3.05, 3.63) is 27.7 Å². The van der Waals surface area contributed by atoms with Crippen molar-refractivity contribution < 1.29 is 10.2 Å². The lowest BCUT2D eigenvalue weighted by Crippen LogP contribution is -1.87. The number of hydrogen-bond acceptors (Lipinski definition) is 2. The number of rotatable bonds is 1. The molecule has 1 aromatic rings. The molecule has 0 spiro atoms. The molecule has 0 bridgehead atoms. The van der Waals surface area contributed by atoms with Crippen LogP contribution in [0.5, 0.6) is 5.75 Å². The Morgan fingerprint density at radius 3 is 2.55 bits per heavy atom. The highest BCUT2D eigenvalue weighted by Crippen LogP contribution is 2.27. The first kappa shape index (κ1) is 8.56. The molecule has 0 aromatic heterocycles. The third kappa shape index (κ3) is 1.73. The first-order valence-electron chi connectivity index (χ1n) is 3.24. The molecule has 0 amide bonds. The van der Waals surface area contributed by atoms with Gasteiger partial charge in [0, 0.05) is 10.0 Å². The number of benzene rings is 1. The average molecular weight is 217 g/mol. The minimum Gasteiger partial charge on any atom is -0.508 e. The van der Waals surface area contributed by atoms with Crippen LogP contribution in [0.2, 0.25) is 0 Å². The first-order chi connectivity index (χ1) is 5.15. The Kier molecular flexibility index (Phi) is 2.52. The fraction of sp³-hybridized carbons (Fsp3) is 0.250. The van der Waals surface area contributed by atoms with Crippen LogP contribution in [0.1, 0.15) is 11.1 Å². The summed E-state index contributed by atoms with van der Waals surface area (Å²) in [6.07, 6.45) is 0. The van der Waals surface area contributed by atoms with Crippen LogP contribution in [0, 0.1) is 6.92 Å². The molecule has 11 heavy (non-hydrogen) atoms. The molecule has 3 heteroatoms.